The molecule has 2 N–H and O–H groups in total. The van der Waals surface area contributed by atoms with Crippen molar-refractivity contribution in [1.29, 1.82) is 0 Å². The summed E-state index contributed by atoms with van der Waals surface area (Å²) in [5, 5.41) is 12.4. The van der Waals surface area contributed by atoms with Crippen molar-refractivity contribution in [3.8, 4) is 0 Å². The van der Waals surface area contributed by atoms with Crippen molar-refractivity contribution in [1.82, 2.24) is 10.2 Å². The smallest absolute Gasteiger partial charge is 0.330 e. The van der Waals surface area contributed by atoms with Crippen LogP contribution in [0.4, 0.5) is 0 Å². The van der Waals surface area contributed by atoms with E-state index in [4.69, 9.17) is 4.74 Å². The molecule has 1 saturated carbocycles. The maximum atomic E-state index is 12.5. The molecular weight excluding hydrogens is 324 g/mol. The van der Waals surface area contributed by atoms with Crippen molar-refractivity contribution in [2.24, 2.45) is 5.41 Å². The number of nitrogens with zero attached hydrogens (tertiary/aromatic N) is 1. The second-order valence-corrected chi connectivity index (χ2v) is 7.61. The van der Waals surface area contributed by atoms with Gasteiger partial charge in [0.15, 0.2) is 0 Å². The summed E-state index contributed by atoms with van der Waals surface area (Å²) < 4.78 is 5.60. The van der Waals surface area contributed by atoms with Gasteiger partial charge in [0.1, 0.15) is 5.54 Å². The summed E-state index contributed by atoms with van der Waals surface area (Å²) in [5.74, 6) is -1.50. The van der Waals surface area contributed by atoms with Crippen molar-refractivity contribution in [3.05, 3.63) is 0 Å². The first-order valence-electron chi connectivity index (χ1n) is 9.18. The minimum absolute atomic E-state index is 0.0284. The zero-order valence-electron chi connectivity index (χ0n) is 15.5. The largest absolute Gasteiger partial charge is 0.479 e. The van der Waals surface area contributed by atoms with E-state index < -0.39 is 22.8 Å². The topological polar surface area (TPSA) is 95.9 Å². The van der Waals surface area contributed by atoms with Gasteiger partial charge in [0, 0.05) is 31.4 Å². The highest BCUT2D eigenvalue weighted by Crippen LogP contribution is 2.51. The Labute approximate surface area is 149 Å². The molecule has 2 fully saturated rings. The van der Waals surface area contributed by atoms with E-state index in [1.165, 1.54) is 0 Å². The van der Waals surface area contributed by atoms with Crippen LogP contribution in [0.2, 0.25) is 0 Å². The van der Waals surface area contributed by atoms with Gasteiger partial charge in [-0.15, -0.1) is 0 Å². The Balaban J connectivity index is 2.04. The molecule has 2 amide bonds. The zero-order chi connectivity index (χ0) is 18.7. The SMILES string of the molecule is CCOC1CC(NC(=O)CN2CCCCCCC2=O)(C(=O)O)C1(C)C. The Bertz CT molecular complexity index is 534. The first kappa shape index (κ1) is 19.7. The van der Waals surface area contributed by atoms with E-state index in [9.17, 15) is 19.5 Å². The molecule has 2 unspecified atom stereocenters. The minimum Gasteiger partial charge on any atom is -0.479 e. The number of nitrogens with one attached hydrogen (secondary N) is 1. The van der Waals surface area contributed by atoms with E-state index in [2.05, 4.69) is 5.32 Å². The standard InChI is InChI=1S/C18H30N2O5/c1-4-25-13-11-18(16(23)24,17(13,2)3)19-14(21)12-20-10-8-6-5-7-9-15(20)22/h13H,4-12H2,1-3H3,(H,19,21)(H,23,24). The lowest BCUT2D eigenvalue weighted by Crippen LogP contribution is -2.76. The lowest BCUT2D eigenvalue weighted by molar-refractivity contribution is -0.194. The molecular formula is C18H30N2O5. The molecule has 1 saturated heterocycles. The third-order valence-corrected chi connectivity index (χ3v) is 5.74. The van der Waals surface area contributed by atoms with Crippen LogP contribution in [0.3, 0.4) is 0 Å². The normalized spacial score (nSPS) is 29.3. The highest BCUT2D eigenvalue weighted by molar-refractivity contribution is 5.91. The van der Waals surface area contributed by atoms with Gasteiger partial charge in [-0.3, -0.25) is 9.59 Å². The molecule has 1 heterocycles. The third-order valence-electron chi connectivity index (χ3n) is 5.74. The van der Waals surface area contributed by atoms with Gasteiger partial charge in [0.2, 0.25) is 11.8 Å². The average molecular weight is 354 g/mol. The molecule has 7 heteroatoms. The van der Waals surface area contributed by atoms with Crippen LogP contribution >= 0.6 is 0 Å². The van der Waals surface area contributed by atoms with E-state index in [-0.39, 0.29) is 25.0 Å². The highest BCUT2D eigenvalue weighted by atomic mass is 16.5. The van der Waals surface area contributed by atoms with Gasteiger partial charge in [-0.1, -0.05) is 26.7 Å². The number of hydrogen-bond donors (Lipinski definition) is 2. The first-order chi connectivity index (χ1) is 11.7. The Kier molecular flexibility index (Phi) is 6.08. The van der Waals surface area contributed by atoms with Gasteiger partial charge in [-0.2, -0.15) is 0 Å². The van der Waals surface area contributed by atoms with Gasteiger partial charge >= 0.3 is 5.97 Å². The number of carbonyl (C=O) groups excluding carboxylic acids is 2. The molecule has 0 aromatic rings. The number of carbonyl (C=O) groups is 3. The zero-order valence-corrected chi connectivity index (χ0v) is 15.5. The molecule has 0 spiro atoms. The summed E-state index contributed by atoms with van der Waals surface area (Å²) in [6, 6.07) is 0. The van der Waals surface area contributed by atoms with Gasteiger partial charge in [0.05, 0.1) is 12.6 Å². The van der Waals surface area contributed by atoms with Crippen LogP contribution in [0.15, 0.2) is 0 Å². The number of carboxylic acid groups (broad SMARTS) is 1. The van der Waals surface area contributed by atoms with Crippen molar-refractivity contribution < 1.29 is 24.2 Å². The fourth-order valence-corrected chi connectivity index (χ4v) is 3.87. The number of rotatable bonds is 6. The maximum Gasteiger partial charge on any atom is 0.330 e. The Morgan fingerprint density at radius 3 is 2.56 bits per heavy atom. The summed E-state index contributed by atoms with van der Waals surface area (Å²) in [6.07, 6.45) is 4.30. The van der Waals surface area contributed by atoms with Crippen molar-refractivity contribution >= 4 is 17.8 Å². The molecule has 1 aliphatic heterocycles. The molecule has 0 aromatic carbocycles. The van der Waals surface area contributed by atoms with Crippen LogP contribution in [0.5, 0.6) is 0 Å². The second-order valence-electron chi connectivity index (χ2n) is 7.61. The van der Waals surface area contributed by atoms with Crippen LogP contribution in [0, 0.1) is 5.41 Å². The van der Waals surface area contributed by atoms with Gasteiger partial charge < -0.3 is 20.1 Å². The summed E-state index contributed by atoms with van der Waals surface area (Å²) in [4.78, 5) is 38.1. The van der Waals surface area contributed by atoms with Crippen LogP contribution < -0.4 is 5.32 Å². The van der Waals surface area contributed by atoms with E-state index in [1.54, 1.807) is 18.7 Å². The molecule has 0 aromatic heterocycles. The van der Waals surface area contributed by atoms with E-state index in [0.717, 1.165) is 25.7 Å². The number of likely N-dealkylation sites (tertiary alicyclic amines) is 1. The molecule has 142 valence electrons. The minimum atomic E-state index is -1.35. The predicted molar refractivity (Wildman–Crippen MR) is 92.0 cm³/mol. The number of amides is 2. The fraction of sp³-hybridized carbons (Fsp3) is 0.833. The van der Waals surface area contributed by atoms with Crippen LogP contribution in [0.25, 0.3) is 0 Å². The van der Waals surface area contributed by atoms with Gasteiger partial charge in [0.25, 0.3) is 0 Å². The lowest BCUT2D eigenvalue weighted by atomic mass is 9.54. The van der Waals surface area contributed by atoms with Crippen molar-refractivity contribution in [3.63, 3.8) is 0 Å². The highest BCUT2D eigenvalue weighted by Gasteiger charge is 2.66. The molecule has 2 rings (SSSR count). The average Bonchev–Trinajstić information content (AvgIpc) is 2.53. The Morgan fingerprint density at radius 2 is 1.96 bits per heavy atom. The molecule has 0 radical (unpaired) electrons. The van der Waals surface area contributed by atoms with E-state index in [0.29, 0.717) is 19.6 Å². The molecule has 0 bridgehead atoms. The van der Waals surface area contributed by atoms with E-state index in [1.807, 2.05) is 6.92 Å². The molecule has 2 atom stereocenters. The Hall–Kier alpha value is -1.63. The van der Waals surface area contributed by atoms with Crippen molar-refractivity contribution in [2.45, 2.75) is 70.9 Å². The van der Waals surface area contributed by atoms with Gasteiger partial charge in [-0.05, 0) is 19.8 Å². The molecule has 2 aliphatic rings. The van der Waals surface area contributed by atoms with E-state index >= 15 is 0 Å². The van der Waals surface area contributed by atoms with Crippen molar-refractivity contribution in [2.75, 3.05) is 19.7 Å². The summed E-state index contributed by atoms with van der Waals surface area (Å²) >= 11 is 0. The molecule has 1 aliphatic carbocycles. The summed E-state index contributed by atoms with van der Waals surface area (Å²) in [7, 11) is 0. The molecule has 25 heavy (non-hydrogen) atoms. The Morgan fingerprint density at radius 1 is 1.28 bits per heavy atom. The summed E-state index contributed by atoms with van der Waals surface area (Å²) in [5.41, 5.74) is -2.07. The third kappa shape index (κ3) is 3.81. The number of hydrogen-bond acceptors (Lipinski definition) is 4. The second kappa shape index (κ2) is 7.72. The molecule has 7 nitrogen and oxygen atoms in total. The lowest BCUT2D eigenvalue weighted by Gasteiger charge is -2.58. The first-order valence-corrected chi connectivity index (χ1v) is 9.18. The van der Waals surface area contributed by atoms with Crippen LogP contribution in [0.1, 0.15) is 59.3 Å². The van der Waals surface area contributed by atoms with Crippen LogP contribution in [-0.2, 0) is 19.1 Å². The number of aliphatic carboxylic acids is 1. The maximum absolute atomic E-state index is 12.5. The predicted octanol–water partition coefficient (Wildman–Crippen LogP) is 1.55. The monoisotopic (exact) mass is 354 g/mol. The van der Waals surface area contributed by atoms with Crippen LogP contribution in [-0.4, -0.2) is 59.1 Å². The quantitative estimate of drug-likeness (QED) is 0.754. The fourth-order valence-electron chi connectivity index (χ4n) is 3.87. The van der Waals surface area contributed by atoms with Gasteiger partial charge in [-0.25, -0.2) is 4.79 Å². The summed E-state index contributed by atoms with van der Waals surface area (Å²) in [6.45, 7) is 6.43. The number of carboxylic acids is 1. The number of ether oxygens (including phenoxy) is 1.